The zero-order valence-corrected chi connectivity index (χ0v) is 14.5. The molecule has 0 saturated heterocycles. The Hall–Kier alpha value is -1.02. The van der Waals surface area contributed by atoms with E-state index in [1.807, 2.05) is 19.2 Å². The summed E-state index contributed by atoms with van der Waals surface area (Å²) in [4.78, 5) is 0. The number of hydrogen-bond acceptors (Lipinski definition) is 2. The lowest BCUT2D eigenvalue weighted by Gasteiger charge is -2.42. The molecule has 1 N–H and O–H groups in total. The molecule has 0 amide bonds. The van der Waals surface area contributed by atoms with Crippen LogP contribution in [0.3, 0.4) is 0 Å². The molecule has 0 aliphatic heterocycles. The van der Waals surface area contributed by atoms with Crippen molar-refractivity contribution < 1.29 is 9.84 Å². The van der Waals surface area contributed by atoms with Crippen molar-refractivity contribution in [3.05, 3.63) is 29.8 Å². The number of benzene rings is 1. The lowest BCUT2D eigenvalue weighted by atomic mass is 9.66. The first-order chi connectivity index (χ1) is 11.3. The largest absolute Gasteiger partial charge is 0.508 e. The molecule has 1 aromatic carbocycles. The first kappa shape index (κ1) is 16.8. The fourth-order valence-corrected chi connectivity index (χ4v) is 5.13. The lowest BCUT2D eigenvalue weighted by molar-refractivity contribution is -0.0219. The SMILES string of the molecule is COC(c1cccc(O)c1)C(C1CCCCC1)C1CCCCC1. The number of phenols is 1. The summed E-state index contributed by atoms with van der Waals surface area (Å²) in [6.45, 7) is 0. The van der Waals surface area contributed by atoms with Crippen LogP contribution in [0.1, 0.15) is 75.9 Å². The molecular weight excluding hydrogens is 284 g/mol. The average Bonchev–Trinajstić information content (AvgIpc) is 2.61. The first-order valence-electron chi connectivity index (χ1n) is 9.61. The van der Waals surface area contributed by atoms with Crippen LogP contribution < -0.4 is 0 Å². The molecule has 0 aromatic heterocycles. The third-order valence-electron chi connectivity index (χ3n) is 6.19. The minimum Gasteiger partial charge on any atom is -0.508 e. The van der Waals surface area contributed by atoms with Crippen molar-refractivity contribution in [3.8, 4) is 5.75 Å². The molecule has 0 heterocycles. The number of aromatic hydroxyl groups is 1. The molecular formula is C21H32O2. The van der Waals surface area contributed by atoms with Crippen LogP contribution in [0.5, 0.6) is 5.75 Å². The van der Waals surface area contributed by atoms with Gasteiger partial charge in [0.05, 0.1) is 6.10 Å². The summed E-state index contributed by atoms with van der Waals surface area (Å²) in [5.74, 6) is 2.55. The Balaban J connectivity index is 1.87. The van der Waals surface area contributed by atoms with Gasteiger partial charge in [0.2, 0.25) is 0 Å². The molecule has 128 valence electrons. The average molecular weight is 316 g/mol. The summed E-state index contributed by atoms with van der Waals surface area (Å²) in [5.41, 5.74) is 1.16. The molecule has 0 bridgehead atoms. The van der Waals surface area contributed by atoms with Gasteiger partial charge in [-0.2, -0.15) is 0 Å². The van der Waals surface area contributed by atoms with E-state index in [-0.39, 0.29) is 6.10 Å². The van der Waals surface area contributed by atoms with Crippen molar-refractivity contribution in [3.63, 3.8) is 0 Å². The number of methoxy groups -OCH3 is 1. The standard InChI is InChI=1S/C21H32O2/c1-23-21(18-13-8-14-19(22)15-18)20(16-9-4-2-5-10-16)17-11-6-3-7-12-17/h8,13-17,20-22H,2-7,9-12H2,1H3. The Morgan fingerprint density at radius 3 is 1.96 bits per heavy atom. The Bertz CT molecular complexity index is 454. The minimum atomic E-state index is 0.133. The van der Waals surface area contributed by atoms with Gasteiger partial charge in [-0.3, -0.25) is 0 Å². The smallest absolute Gasteiger partial charge is 0.115 e. The molecule has 2 nitrogen and oxygen atoms in total. The molecule has 2 saturated carbocycles. The molecule has 2 aliphatic carbocycles. The van der Waals surface area contributed by atoms with Crippen molar-refractivity contribution in [1.29, 1.82) is 0 Å². The zero-order valence-electron chi connectivity index (χ0n) is 14.5. The molecule has 23 heavy (non-hydrogen) atoms. The summed E-state index contributed by atoms with van der Waals surface area (Å²) in [5, 5.41) is 9.90. The second kappa shape index (κ2) is 8.19. The van der Waals surface area contributed by atoms with Crippen molar-refractivity contribution in [2.45, 2.75) is 70.3 Å². The van der Waals surface area contributed by atoms with Crippen LogP contribution in [0.15, 0.2) is 24.3 Å². The third-order valence-corrected chi connectivity index (χ3v) is 6.19. The van der Waals surface area contributed by atoms with Gasteiger partial charge in [0.1, 0.15) is 5.75 Å². The van der Waals surface area contributed by atoms with E-state index in [0.717, 1.165) is 17.4 Å². The normalized spacial score (nSPS) is 22.3. The van der Waals surface area contributed by atoms with Gasteiger partial charge >= 0.3 is 0 Å². The van der Waals surface area contributed by atoms with E-state index in [2.05, 4.69) is 6.07 Å². The van der Waals surface area contributed by atoms with Gasteiger partial charge in [-0.15, -0.1) is 0 Å². The highest BCUT2D eigenvalue weighted by atomic mass is 16.5. The minimum absolute atomic E-state index is 0.133. The molecule has 2 fully saturated rings. The fraction of sp³-hybridized carbons (Fsp3) is 0.714. The van der Waals surface area contributed by atoms with E-state index in [9.17, 15) is 5.11 Å². The zero-order chi connectivity index (χ0) is 16.1. The second-order valence-corrected chi connectivity index (χ2v) is 7.62. The van der Waals surface area contributed by atoms with Gasteiger partial charge in [-0.1, -0.05) is 76.3 Å². The van der Waals surface area contributed by atoms with Crippen LogP contribution in [0.2, 0.25) is 0 Å². The van der Waals surface area contributed by atoms with Gasteiger partial charge in [0, 0.05) is 7.11 Å². The maximum absolute atomic E-state index is 9.90. The molecule has 0 radical (unpaired) electrons. The van der Waals surface area contributed by atoms with Crippen LogP contribution in [0.25, 0.3) is 0 Å². The number of hydrogen-bond donors (Lipinski definition) is 1. The van der Waals surface area contributed by atoms with Crippen molar-refractivity contribution in [2.24, 2.45) is 17.8 Å². The van der Waals surface area contributed by atoms with Gasteiger partial charge in [-0.25, -0.2) is 0 Å². The van der Waals surface area contributed by atoms with Gasteiger partial charge < -0.3 is 9.84 Å². The molecule has 3 rings (SSSR count). The van der Waals surface area contributed by atoms with Crippen LogP contribution in [0.4, 0.5) is 0 Å². The topological polar surface area (TPSA) is 29.5 Å². The van der Waals surface area contributed by atoms with Crippen LogP contribution in [-0.4, -0.2) is 12.2 Å². The fourth-order valence-electron chi connectivity index (χ4n) is 5.13. The predicted octanol–water partition coefficient (Wildman–Crippen LogP) is 5.86. The van der Waals surface area contributed by atoms with Crippen LogP contribution in [-0.2, 0) is 4.74 Å². The second-order valence-electron chi connectivity index (χ2n) is 7.62. The summed E-state index contributed by atoms with van der Waals surface area (Å²) >= 11 is 0. The van der Waals surface area contributed by atoms with Crippen molar-refractivity contribution >= 4 is 0 Å². The predicted molar refractivity (Wildman–Crippen MR) is 94.5 cm³/mol. The monoisotopic (exact) mass is 316 g/mol. The summed E-state index contributed by atoms with van der Waals surface area (Å²) < 4.78 is 6.05. The van der Waals surface area contributed by atoms with Gasteiger partial charge in [0.15, 0.2) is 0 Å². The van der Waals surface area contributed by atoms with Gasteiger partial charge in [0.25, 0.3) is 0 Å². The maximum Gasteiger partial charge on any atom is 0.115 e. The number of ether oxygens (including phenoxy) is 1. The molecule has 0 spiro atoms. The van der Waals surface area contributed by atoms with E-state index in [1.165, 1.54) is 64.2 Å². The van der Waals surface area contributed by atoms with Crippen LogP contribution >= 0.6 is 0 Å². The van der Waals surface area contributed by atoms with Crippen molar-refractivity contribution in [2.75, 3.05) is 7.11 Å². The Labute approximate surface area is 141 Å². The van der Waals surface area contributed by atoms with E-state index >= 15 is 0 Å². The van der Waals surface area contributed by atoms with E-state index in [0.29, 0.717) is 11.7 Å². The highest BCUT2D eigenvalue weighted by molar-refractivity contribution is 5.29. The molecule has 1 aromatic rings. The highest BCUT2D eigenvalue weighted by Gasteiger charge is 2.37. The summed E-state index contributed by atoms with van der Waals surface area (Å²) in [7, 11) is 1.85. The van der Waals surface area contributed by atoms with Crippen LogP contribution in [0, 0.1) is 17.8 Å². The van der Waals surface area contributed by atoms with Gasteiger partial charge in [-0.05, 0) is 35.4 Å². The quantitative estimate of drug-likeness (QED) is 0.737. The molecule has 2 heteroatoms. The molecule has 1 unspecified atom stereocenters. The Morgan fingerprint density at radius 1 is 0.913 bits per heavy atom. The third kappa shape index (κ3) is 4.09. The Kier molecular flexibility index (Phi) is 5.99. The maximum atomic E-state index is 9.90. The first-order valence-corrected chi connectivity index (χ1v) is 9.61. The van der Waals surface area contributed by atoms with E-state index in [1.54, 1.807) is 6.07 Å². The van der Waals surface area contributed by atoms with E-state index < -0.39 is 0 Å². The number of phenolic OH excluding ortho intramolecular Hbond substituents is 1. The van der Waals surface area contributed by atoms with Crippen molar-refractivity contribution in [1.82, 2.24) is 0 Å². The lowest BCUT2D eigenvalue weighted by Crippen LogP contribution is -2.33. The summed E-state index contributed by atoms with van der Waals surface area (Å²) in [6, 6.07) is 7.75. The summed E-state index contributed by atoms with van der Waals surface area (Å²) in [6.07, 6.45) is 13.9. The Morgan fingerprint density at radius 2 is 1.48 bits per heavy atom. The molecule has 1 atom stereocenters. The highest BCUT2D eigenvalue weighted by Crippen LogP contribution is 2.47. The van der Waals surface area contributed by atoms with E-state index in [4.69, 9.17) is 4.74 Å². The molecule has 2 aliphatic rings. The number of rotatable bonds is 5.